The van der Waals surface area contributed by atoms with Crippen molar-refractivity contribution in [2.24, 2.45) is 5.92 Å². The predicted octanol–water partition coefficient (Wildman–Crippen LogP) is 1.96. The Morgan fingerprint density at radius 2 is 2.00 bits per heavy atom. The molecule has 2 heterocycles. The molecule has 4 rings (SSSR count). The van der Waals surface area contributed by atoms with Gasteiger partial charge in [-0.2, -0.15) is 0 Å². The van der Waals surface area contributed by atoms with Crippen LogP contribution in [0, 0.1) is 12.8 Å². The molecule has 0 N–H and O–H groups in total. The van der Waals surface area contributed by atoms with Crippen LogP contribution in [0.2, 0.25) is 0 Å². The summed E-state index contributed by atoms with van der Waals surface area (Å²) in [6.07, 6.45) is 4.34. The molecule has 0 atom stereocenters. The van der Waals surface area contributed by atoms with Gasteiger partial charge in [0.15, 0.2) is 5.69 Å². The van der Waals surface area contributed by atoms with Crippen molar-refractivity contribution in [3.8, 4) is 0 Å². The highest BCUT2D eigenvalue weighted by Gasteiger charge is 2.26. The van der Waals surface area contributed by atoms with Crippen LogP contribution in [-0.2, 0) is 6.54 Å². The average Bonchev–Trinajstić information content (AvgIpc) is 3.29. The number of aromatic nitrogens is 3. The third kappa shape index (κ3) is 3.27. The van der Waals surface area contributed by atoms with Gasteiger partial charge in [0.1, 0.15) is 0 Å². The smallest absolute Gasteiger partial charge is 0.276 e. The van der Waals surface area contributed by atoms with Gasteiger partial charge in [0.25, 0.3) is 5.91 Å². The van der Waals surface area contributed by atoms with Gasteiger partial charge in [0.2, 0.25) is 0 Å². The third-order valence-electron chi connectivity index (χ3n) is 4.83. The number of anilines is 1. The first-order chi connectivity index (χ1) is 11.7. The molecule has 0 unspecified atom stereocenters. The monoisotopic (exact) mass is 325 g/mol. The fraction of sp³-hybridized carbons (Fsp3) is 0.500. The van der Waals surface area contributed by atoms with E-state index in [9.17, 15) is 4.79 Å². The first-order valence-corrected chi connectivity index (χ1v) is 8.70. The molecule has 24 heavy (non-hydrogen) atoms. The maximum Gasteiger partial charge on any atom is 0.276 e. The van der Waals surface area contributed by atoms with Crippen LogP contribution in [0.5, 0.6) is 0 Å². The number of carbonyl (C=O) groups is 1. The number of hydrogen-bond donors (Lipinski definition) is 0. The third-order valence-corrected chi connectivity index (χ3v) is 4.83. The molecule has 6 nitrogen and oxygen atoms in total. The summed E-state index contributed by atoms with van der Waals surface area (Å²) in [4.78, 5) is 16.8. The van der Waals surface area contributed by atoms with Crippen LogP contribution >= 0.6 is 0 Å². The summed E-state index contributed by atoms with van der Waals surface area (Å²) < 4.78 is 1.81. The number of amides is 1. The van der Waals surface area contributed by atoms with Gasteiger partial charge in [-0.05, 0) is 43.4 Å². The molecule has 1 aliphatic heterocycles. The van der Waals surface area contributed by atoms with Crippen LogP contribution in [0.3, 0.4) is 0 Å². The van der Waals surface area contributed by atoms with Crippen molar-refractivity contribution < 1.29 is 4.79 Å². The minimum Gasteiger partial charge on any atom is -0.368 e. The largest absolute Gasteiger partial charge is 0.368 e. The summed E-state index contributed by atoms with van der Waals surface area (Å²) in [7, 11) is 0. The Labute approximate surface area is 142 Å². The number of benzene rings is 1. The quantitative estimate of drug-likeness (QED) is 0.862. The van der Waals surface area contributed by atoms with Crippen LogP contribution < -0.4 is 4.90 Å². The normalized spacial score (nSPS) is 18.0. The zero-order chi connectivity index (χ0) is 16.5. The molecule has 1 saturated heterocycles. The van der Waals surface area contributed by atoms with Gasteiger partial charge in [-0.1, -0.05) is 17.3 Å². The molecule has 126 valence electrons. The van der Waals surface area contributed by atoms with Crippen LogP contribution in [-0.4, -0.2) is 52.0 Å². The zero-order valence-electron chi connectivity index (χ0n) is 14.1. The molecule has 1 amide bonds. The number of rotatable bonds is 4. The van der Waals surface area contributed by atoms with Crippen molar-refractivity contribution in [3.05, 3.63) is 41.7 Å². The Balaban J connectivity index is 1.36. The van der Waals surface area contributed by atoms with Crippen molar-refractivity contribution in [1.82, 2.24) is 19.9 Å². The lowest BCUT2D eigenvalue weighted by atomic mass is 10.2. The highest BCUT2D eigenvalue weighted by atomic mass is 16.2. The molecule has 1 aromatic heterocycles. The lowest BCUT2D eigenvalue weighted by Crippen LogP contribution is -2.48. The van der Waals surface area contributed by atoms with Crippen molar-refractivity contribution in [3.63, 3.8) is 0 Å². The standard InChI is InChI=1S/C18H23N5O/c1-14-3-2-4-16(11-14)21-7-9-22(10-8-21)18(24)17-13-23(20-19-17)12-15-5-6-15/h2-4,11,13,15H,5-10,12H2,1H3. The molecular formula is C18H23N5O. The van der Waals surface area contributed by atoms with E-state index < -0.39 is 0 Å². The maximum absolute atomic E-state index is 12.6. The zero-order valence-corrected chi connectivity index (χ0v) is 14.1. The van der Waals surface area contributed by atoms with E-state index in [0.717, 1.165) is 38.6 Å². The van der Waals surface area contributed by atoms with Gasteiger partial charge in [0.05, 0.1) is 6.20 Å². The van der Waals surface area contributed by atoms with Gasteiger partial charge in [0, 0.05) is 38.4 Å². The Kier molecular flexibility index (Phi) is 3.96. The second-order valence-electron chi connectivity index (χ2n) is 6.89. The Morgan fingerprint density at radius 1 is 1.21 bits per heavy atom. The topological polar surface area (TPSA) is 54.3 Å². The van der Waals surface area contributed by atoms with Gasteiger partial charge in [-0.25, -0.2) is 0 Å². The maximum atomic E-state index is 12.6. The molecular weight excluding hydrogens is 302 g/mol. The molecule has 1 aliphatic carbocycles. The summed E-state index contributed by atoms with van der Waals surface area (Å²) in [6, 6.07) is 8.52. The molecule has 1 saturated carbocycles. The summed E-state index contributed by atoms with van der Waals surface area (Å²) in [5.74, 6) is 0.730. The number of aryl methyl sites for hydroxylation is 1. The van der Waals surface area contributed by atoms with E-state index in [2.05, 4.69) is 46.4 Å². The van der Waals surface area contributed by atoms with Crippen LogP contribution in [0.4, 0.5) is 5.69 Å². The first kappa shape index (κ1) is 15.2. The summed E-state index contributed by atoms with van der Waals surface area (Å²) in [5, 5.41) is 8.16. The Morgan fingerprint density at radius 3 is 2.71 bits per heavy atom. The molecule has 2 aliphatic rings. The Hall–Kier alpha value is -2.37. The summed E-state index contributed by atoms with van der Waals surface area (Å²) in [5.41, 5.74) is 2.97. The van der Waals surface area contributed by atoms with E-state index in [0.29, 0.717) is 5.69 Å². The fourth-order valence-electron chi connectivity index (χ4n) is 3.21. The van der Waals surface area contributed by atoms with Crippen molar-refractivity contribution >= 4 is 11.6 Å². The SMILES string of the molecule is Cc1cccc(N2CCN(C(=O)c3cn(CC4CC4)nn3)CC2)c1. The van der Waals surface area contributed by atoms with E-state index in [1.807, 2.05) is 9.58 Å². The minimum absolute atomic E-state index is 0.000870. The van der Waals surface area contributed by atoms with Crippen molar-refractivity contribution in [1.29, 1.82) is 0 Å². The molecule has 2 fully saturated rings. The van der Waals surface area contributed by atoms with E-state index in [1.54, 1.807) is 6.20 Å². The number of nitrogens with zero attached hydrogens (tertiary/aromatic N) is 5. The second-order valence-corrected chi connectivity index (χ2v) is 6.89. The van der Waals surface area contributed by atoms with E-state index in [-0.39, 0.29) is 5.91 Å². The molecule has 0 bridgehead atoms. The van der Waals surface area contributed by atoms with E-state index >= 15 is 0 Å². The Bertz CT molecular complexity index is 729. The van der Waals surface area contributed by atoms with Crippen LogP contribution in [0.25, 0.3) is 0 Å². The predicted molar refractivity (Wildman–Crippen MR) is 92.0 cm³/mol. The van der Waals surface area contributed by atoms with Gasteiger partial charge < -0.3 is 9.80 Å². The van der Waals surface area contributed by atoms with E-state index in [1.165, 1.54) is 24.1 Å². The number of hydrogen-bond acceptors (Lipinski definition) is 4. The second kappa shape index (κ2) is 6.26. The fourth-order valence-corrected chi connectivity index (χ4v) is 3.21. The van der Waals surface area contributed by atoms with Gasteiger partial charge >= 0.3 is 0 Å². The lowest BCUT2D eigenvalue weighted by Gasteiger charge is -2.35. The first-order valence-electron chi connectivity index (χ1n) is 8.70. The van der Waals surface area contributed by atoms with E-state index in [4.69, 9.17) is 0 Å². The summed E-state index contributed by atoms with van der Waals surface area (Å²) >= 11 is 0. The lowest BCUT2D eigenvalue weighted by molar-refractivity contribution is 0.0740. The van der Waals surface area contributed by atoms with Crippen molar-refractivity contribution in [2.45, 2.75) is 26.3 Å². The molecule has 0 radical (unpaired) electrons. The summed E-state index contributed by atoms with van der Waals surface area (Å²) in [6.45, 7) is 6.15. The highest BCUT2D eigenvalue weighted by molar-refractivity contribution is 5.92. The van der Waals surface area contributed by atoms with Gasteiger partial charge in [-0.3, -0.25) is 9.48 Å². The van der Waals surface area contributed by atoms with Crippen LogP contribution in [0.1, 0.15) is 28.9 Å². The highest BCUT2D eigenvalue weighted by Crippen LogP contribution is 2.30. The number of piperazine rings is 1. The molecule has 6 heteroatoms. The van der Waals surface area contributed by atoms with Crippen LogP contribution in [0.15, 0.2) is 30.5 Å². The molecule has 1 aromatic carbocycles. The van der Waals surface area contributed by atoms with Gasteiger partial charge in [-0.15, -0.1) is 5.10 Å². The molecule has 0 spiro atoms. The van der Waals surface area contributed by atoms with Crippen molar-refractivity contribution in [2.75, 3.05) is 31.1 Å². The number of carbonyl (C=O) groups excluding carboxylic acids is 1. The minimum atomic E-state index is 0.000870. The molecule has 2 aromatic rings. The average molecular weight is 325 g/mol.